The summed E-state index contributed by atoms with van der Waals surface area (Å²) in [6, 6.07) is 11.7. The summed E-state index contributed by atoms with van der Waals surface area (Å²) in [5.74, 6) is -0.870. The van der Waals surface area contributed by atoms with Crippen LogP contribution in [0.2, 0.25) is 5.02 Å². The molecule has 2 aromatic rings. The minimum atomic E-state index is -0.749. The lowest BCUT2D eigenvalue weighted by atomic mass is 10.2. The maximum absolute atomic E-state index is 12.2. The zero-order chi connectivity index (χ0) is 21.2. The molecule has 2 amide bonds. The van der Waals surface area contributed by atoms with Crippen molar-refractivity contribution in [2.75, 3.05) is 27.4 Å². The first-order valence-corrected chi connectivity index (χ1v) is 8.97. The molecule has 0 saturated heterocycles. The highest BCUT2D eigenvalue weighted by Gasteiger charge is 2.13. The monoisotopic (exact) mass is 420 g/mol. The van der Waals surface area contributed by atoms with E-state index < -0.39 is 30.9 Å². The molecule has 9 heteroatoms. The molecule has 154 valence electrons. The number of hydrogen-bond donors (Lipinski definition) is 2. The SMILES string of the molecule is COc1cc(OC)cc(C(=O)NCC(=O)OCC(=O)NCc2ccccc2Cl)c1. The van der Waals surface area contributed by atoms with Crippen LogP contribution in [0.3, 0.4) is 0 Å². The maximum atomic E-state index is 12.2. The predicted octanol–water partition coefficient (Wildman–Crippen LogP) is 1.95. The number of carbonyl (C=O) groups is 3. The third-order valence-corrected chi connectivity index (χ3v) is 4.17. The molecule has 0 aromatic heterocycles. The van der Waals surface area contributed by atoms with Gasteiger partial charge in [-0.25, -0.2) is 0 Å². The number of carbonyl (C=O) groups excluding carboxylic acids is 3. The molecule has 0 aliphatic heterocycles. The number of ether oxygens (including phenoxy) is 3. The van der Waals surface area contributed by atoms with Crippen LogP contribution in [-0.2, 0) is 20.9 Å². The van der Waals surface area contributed by atoms with Gasteiger partial charge in [0, 0.05) is 23.2 Å². The Hall–Kier alpha value is -3.26. The third-order valence-electron chi connectivity index (χ3n) is 3.81. The molecule has 29 heavy (non-hydrogen) atoms. The van der Waals surface area contributed by atoms with E-state index in [2.05, 4.69) is 10.6 Å². The van der Waals surface area contributed by atoms with Crippen molar-refractivity contribution < 1.29 is 28.6 Å². The van der Waals surface area contributed by atoms with E-state index >= 15 is 0 Å². The van der Waals surface area contributed by atoms with Crippen LogP contribution >= 0.6 is 11.6 Å². The van der Waals surface area contributed by atoms with Gasteiger partial charge < -0.3 is 24.8 Å². The van der Waals surface area contributed by atoms with Crippen molar-refractivity contribution >= 4 is 29.4 Å². The molecule has 0 radical (unpaired) electrons. The second-order valence-electron chi connectivity index (χ2n) is 5.81. The minimum Gasteiger partial charge on any atom is -0.497 e. The average molecular weight is 421 g/mol. The summed E-state index contributed by atoms with van der Waals surface area (Å²) in [4.78, 5) is 35.7. The molecule has 0 atom stereocenters. The summed E-state index contributed by atoms with van der Waals surface area (Å²) >= 11 is 6.00. The molecule has 0 aliphatic carbocycles. The topological polar surface area (TPSA) is 103 Å². The Morgan fingerprint density at radius 3 is 2.24 bits per heavy atom. The molecule has 2 N–H and O–H groups in total. The summed E-state index contributed by atoms with van der Waals surface area (Å²) in [7, 11) is 2.93. The van der Waals surface area contributed by atoms with Crippen molar-refractivity contribution in [3.8, 4) is 11.5 Å². The smallest absolute Gasteiger partial charge is 0.325 e. The Labute approximate surface area is 173 Å². The highest BCUT2D eigenvalue weighted by Crippen LogP contribution is 2.22. The van der Waals surface area contributed by atoms with Crippen molar-refractivity contribution in [3.63, 3.8) is 0 Å². The fraction of sp³-hybridized carbons (Fsp3) is 0.250. The maximum Gasteiger partial charge on any atom is 0.325 e. The normalized spacial score (nSPS) is 10.0. The van der Waals surface area contributed by atoms with Crippen molar-refractivity contribution in [1.29, 1.82) is 0 Å². The molecule has 2 rings (SSSR count). The highest BCUT2D eigenvalue weighted by atomic mass is 35.5. The molecule has 0 spiro atoms. The third kappa shape index (κ3) is 7.00. The molecular weight excluding hydrogens is 400 g/mol. The average Bonchev–Trinajstić information content (AvgIpc) is 2.74. The number of benzene rings is 2. The lowest BCUT2D eigenvalue weighted by Gasteiger charge is -2.10. The van der Waals surface area contributed by atoms with Crippen molar-refractivity contribution in [1.82, 2.24) is 10.6 Å². The minimum absolute atomic E-state index is 0.213. The fourth-order valence-electron chi connectivity index (χ4n) is 2.28. The van der Waals surface area contributed by atoms with Crippen LogP contribution in [-0.4, -0.2) is 45.2 Å². The second-order valence-corrected chi connectivity index (χ2v) is 6.22. The van der Waals surface area contributed by atoms with E-state index in [9.17, 15) is 14.4 Å². The number of rotatable bonds is 9. The first-order chi connectivity index (χ1) is 13.9. The van der Waals surface area contributed by atoms with E-state index in [-0.39, 0.29) is 12.1 Å². The highest BCUT2D eigenvalue weighted by molar-refractivity contribution is 6.31. The molecule has 0 saturated carbocycles. The molecule has 0 heterocycles. The van der Waals surface area contributed by atoms with E-state index in [0.29, 0.717) is 16.5 Å². The number of esters is 1. The van der Waals surface area contributed by atoms with Gasteiger partial charge in [0.25, 0.3) is 11.8 Å². The summed E-state index contributed by atoms with van der Waals surface area (Å²) < 4.78 is 15.0. The van der Waals surface area contributed by atoms with Crippen LogP contribution in [0.5, 0.6) is 11.5 Å². The van der Waals surface area contributed by atoms with Gasteiger partial charge in [-0.2, -0.15) is 0 Å². The van der Waals surface area contributed by atoms with E-state index in [0.717, 1.165) is 5.56 Å². The quantitative estimate of drug-likeness (QED) is 0.601. The number of methoxy groups -OCH3 is 2. The van der Waals surface area contributed by atoms with Crippen molar-refractivity contribution in [2.45, 2.75) is 6.54 Å². The van der Waals surface area contributed by atoms with E-state index in [1.165, 1.54) is 26.4 Å². The fourth-order valence-corrected chi connectivity index (χ4v) is 2.48. The lowest BCUT2D eigenvalue weighted by Crippen LogP contribution is -2.33. The van der Waals surface area contributed by atoms with Crippen LogP contribution in [0.25, 0.3) is 0 Å². The Bertz CT molecular complexity index is 865. The number of amides is 2. The lowest BCUT2D eigenvalue weighted by molar-refractivity contribution is -0.147. The Morgan fingerprint density at radius 1 is 0.966 bits per heavy atom. The Kier molecular flexibility index (Phi) is 8.29. The largest absolute Gasteiger partial charge is 0.497 e. The second kappa shape index (κ2) is 10.9. The van der Waals surface area contributed by atoms with E-state index in [1.54, 1.807) is 30.3 Å². The zero-order valence-electron chi connectivity index (χ0n) is 16.0. The van der Waals surface area contributed by atoms with Gasteiger partial charge >= 0.3 is 5.97 Å². The summed E-state index contributed by atoms with van der Waals surface area (Å²) in [5, 5.41) is 5.54. The Morgan fingerprint density at radius 2 is 1.62 bits per heavy atom. The van der Waals surface area contributed by atoms with Crippen molar-refractivity contribution in [3.05, 3.63) is 58.6 Å². The first kappa shape index (κ1) is 22.0. The molecular formula is C20H21ClN2O6. The van der Waals surface area contributed by atoms with Gasteiger partial charge in [0.2, 0.25) is 0 Å². The molecule has 2 aromatic carbocycles. The van der Waals surface area contributed by atoms with Crippen LogP contribution in [0.1, 0.15) is 15.9 Å². The van der Waals surface area contributed by atoms with Crippen LogP contribution < -0.4 is 20.1 Å². The van der Waals surface area contributed by atoms with Gasteiger partial charge in [-0.15, -0.1) is 0 Å². The molecule has 0 aliphatic rings. The molecule has 0 unspecified atom stereocenters. The van der Waals surface area contributed by atoms with Gasteiger partial charge in [0.15, 0.2) is 6.61 Å². The van der Waals surface area contributed by atoms with Gasteiger partial charge in [0.05, 0.1) is 14.2 Å². The molecule has 0 fully saturated rings. The van der Waals surface area contributed by atoms with Gasteiger partial charge in [0.1, 0.15) is 18.0 Å². The Balaban J connectivity index is 1.76. The number of hydrogen-bond acceptors (Lipinski definition) is 6. The van der Waals surface area contributed by atoms with Gasteiger partial charge in [-0.1, -0.05) is 29.8 Å². The summed E-state index contributed by atoms with van der Waals surface area (Å²) in [5.41, 5.74) is 1.00. The van der Waals surface area contributed by atoms with E-state index in [4.69, 9.17) is 25.8 Å². The van der Waals surface area contributed by atoms with Crippen LogP contribution in [0.15, 0.2) is 42.5 Å². The van der Waals surface area contributed by atoms with Crippen LogP contribution in [0.4, 0.5) is 0 Å². The predicted molar refractivity (Wildman–Crippen MR) is 106 cm³/mol. The molecule has 8 nitrogen and oxygen atoms in total. The van der Waals surface area contributed by atoms with Crippen LogP contribution in [0, 0.1) is 0 Å². The number of halogens is 1. The molecule has 0 bridgehead atoms. The summed E-state index contributed by atoms with van der Waals surface area (Å²) in [6.07, 6.45) is 0. The summed E-state index contributed by atoms with van der Waals surface area (Å²) in [6.45, 7) is -0.646. The van der Waals surface area contributed by atoms with E-state index in [1.807, 2.05) is 0 Å². The standard InChI is InChI=1S/C20H21ClN2O6/c1-27-15-7-14(8-16(9-15)28-2)20(26)23-11-19(25)29-12-18(24)22-10-13-5-3-4-6-17(13)21/h3-9H,10-12H2,1-2H3,(H,22,24)(H,23,26). The number of nitrogens with one attached hydrogen (secondary N) is 2. The van der Waals surface area contributed by atoms with Crippen molar-refractivity contribution in [2.24, 2.45) is 0 Å². The first-order valence-electron chi connectivity index (χ1n) is 8.60. The van der Waals surface area contributed by atoms with Gasteiger partial charge in [-0.3, -0.25) is 14.4 Å². The van der Waals surface area contributed by atoms with Gasteiger partial charge in [-0.05, 0) is 23.8 Å². The zero-order valence-corrected chi connectivity index (χ0v) is 16.7.